The maximum atomic E-state index is 4.20. The van der Waals surface area contributed by atoms with Gasteiger partial charge in [-0.3, -0.25) is 0 Å². The molecule has 0 spiro atoms. The molecule has 0 aliphatic rings. The minimum absolute atomic E-state index is 0.854. The van der Waals surface area contributed by atoms with Crippen molar-refractivity contribution in [2.45, 2.75) is 13.5 Å². The molecule has 2 nitrogen and oxygen atoms in total. The molecule has 0 fully saturated rings. The summed E-state index contributed by atoms with van der Waals surface area (Å²) in [4.78, 5) is 5.57. The first kappa shape index (κ1) is 9.21. The fourth-order valence-corrected chi connectivity index (χ4v) is 1.98. The highest BCUT2D eigenvalue weighted by Gasteiger charge is 1.98. The van der Waals surface area contributed by atoms with Crippen molar-refractivity contribution in [2.75, 3.05) is 5.32 Å². The highest BCUT2D eigenvalue weighted by molar-refractivity contribution is 7.10. The average molecular weight is 204 g/mol. The van der Waals surface area contributed by atoms with Crippen molar-refractivity contribution in [1.82, 2.24) is 4.98 Å². The molecule has 0 bridgehead atoms. The van der Waals surface area contributed by atoms with E-state index < -0.39 is 0 Å². The highest BCUT2D eigenvalue weighted by Crippen LogP contribution is 2.15. The Labute approximate surface area is 87.6 Å². The maximum absolute atomic E-state index is 4.20. The highest BCUT2D eigenvalue weighted by atomic mass is 32.1. The molecule has 0 aromatic carbocycles. The number of aryl methyl sites for hydroxylation is 1. The first-order chi connectivity index (χ1) is 6.86. The van der Waals surface area contributed by atoms with Crippen LogP contribution in [0.3, 0.4) is 0 Å². The van der Waals surface area contributed by atoms with E-state index in [4.69, 9.17) is 0 Å². The number of hydrogen-bond donors (Lipinski definition) is 1. The maximum Gasteiger partial charge on any atom is 0.126 e. The van der Waals surface area contributed by atoms with Crippen LogP contribution < -0.4 is 5.32 Å². The average Bonchev–Trinajstić information content (AvgIpc) is 2.63. The van der Waals surface area contributed by atoms with E-state index in [1.807, 2.05) is 18.2 Å². The summed E-state index contributed by atoms with van der Waals surface area (Å²) in [5, 5.41) is 5.40. The Morgan fingerprint density at radius 2 is 2.29 bits per heavy atom. The SMILES string of the molecule is Cc1sccc1CNc1ccccn1. The van der Waals surface area contributed by atoms with E-state index in [-0.39, 0.29) is 0 Å². The molecule has 14 heavy (non-hydrogen) atoms. The van der Waals surface area contributed by atoms with Crippen LogP contribution in [0.5, 0.6) is 0 Å². The lowest BCUT2D eigenvalue weighted by Gasteiger charge is -2.03. The van der Waals surface area contributed by atoms with Gasteiger partial charge in [-0.05, 0) is 36.1 Å². The first-order valence-corrected chi connectivity index (χ1v) is 5.42. The molecule has 1 N–H and O–H groups in total. The summed E-state index contributed by atoms with van der Waals surface area (Å²) >= 11 is 1.78. The van der Waals surface area contributed by atoms with E-state index in [2.05, 4.69) is 28.7 Å². The molecule has 0 saturated heterocycles. The molecule has 2 rings (SSSR count). The van der Waals surface area contributed by atoms with Gasteiger partial charge >= 0.3 is 0 Å². The van der Waals surface area contributed by atoms with E-state index in [0.717, 1.165) is 12.4 Å². The Bertz CT molecular complexity index is 395. The summed E-state index contributed by atoms with van der Waals surface area (Å²) in [6.45, 7) is 2.99. The predicted molar refractivity (Wildman–Crippen MR) is 60.6 cm³/mol. The summed E-state index contributed by atoms with van der Waals surface area (Å²) in [7, 11) is 0. The van der Waals surface area contributed by atoms with E-state index in [1.54, 1.807) is 17.5 Å². The molecule has 2 aromatic heterocycles. The van der Waals surface area contributed by atoms with Crippen LogP contribution in [0.4, 0.5) is 5.82 Å². The predicted octanol–water partition coefficient (Wildman–Crippen LogP) is 3.06. The molecule has 0 atom stereocenters. The van der Waals surface area contributed by atoms with Gasteiger partial charge < -0.3 is 5.32 Å². The van der Waals surface area contributed by atoms with Crippen molar-refractivity contribution in [3.05, 3.63) is 46.3 Å². The lowest BCUT2D eigenvalue weighted by molar-refractivity contribution is 1.11. The Hall–Kier alpha value is -1.35. The molecule has 3 heteroatoms. The van der Waals surface area contributed by atoms with Crippen LogP contribution in [0, 0.1) is 6.92 Å². The van der Waals surface area contributed by atoms with Crippen LogP contribution in [-0.2, 0) is 6.54 Å². The van der Waals surface area contributed by atoms with Crippen molar-refractivity contribution >= 4 is 17.2 Å². The quantitative estimate of drug-likeness (QED) is 0.831. The standard InChI is InChI=1S/C11H12N2S/c1-9-10(5-7-14-9)8-13-11-4-2-3-6-12-11/h2-7H,8H2,1H3,(H,12,13). The second-order valence-corrected chi connectivity index (χ2v) is 4.19. The zero-order valence-corrected chi connectivity index (χ0v) is 8.84. The molecule has 0 amide bonds. The van der Waals surface area contributed by atoms with Crippen LogP contribution in [0.15, 0.2) is 35.8 Å². The molecular weight excluding hydrogens is 192 g/mol. The molecule has 0 saturated carbocycles. The minimum atomic E-state index is 0.854. The zero-order chi connectivity index (χ0) is 9.80. The van der Waals surface area contributed by atoms with Gasteiger partial charge in [-0.1, -0.05) is 6.07 Å². The monoisotopic (exact) mass is 204 g/mol. The smallest absolute Gasteiger partial charge is 0.126 e. The topological polar surface area (TPSA) is 24.9 Å². The Morgan fingerprint density at radius 1 is 1.36 bits per heavy atom. The number of nitrogens with one attached hydrogen (secondary N) is 1. The van der Waals surface area contributed by atoms with Crippen molar-refractivity contribution in [2.24, 2.45) is 0 Å². The number of thiophene rings is 1. The fraction of sp³-hybridized carbons (Fsp3) is 0.182. The second kappa shape index (κ2) is 4.24. The fourth-order valence-electron chi connectivity index (χ4n) is 1.25. The zero-order valence-electron chi connectivity index (χ0n) is 8.03. The van der Waals surface area contributed by atoms with Crippen molar-refractivity contribution in [3.63, 3.8) is 0 Å². The second-order valence-electron chi connectivity index (χ2n) is 3.07. The third-order valence-corrected chi connectivity index (χ3v) is 2.98. The first-order valence-electron chi connectivity index (χ1n) is 4.54. The van der Waals surface area contributed by atoms with Gasteiger partial charge in [0, 0.05) is 17.6 Å². The van der Waals surface area contributed by atoms with Crippen molar-refractivity contribution in [1.29, 1.82) is 0 Å². The van der Waals surface area contributed by atoms with E-state index in [9.17, 15) is 0 Å². The van der Waals surface area contributed by atoms with Crippen LogP contribution >= 0.6 is 11.3 Å². The molecule has 0 aliphatic carbocycles. The van der Waals surface area contributed by atoms with Crippen molar-refractivity contribution < 1.29 is 0 Å². The van der Waals surface area contributed by atoms with Gasteiger partial charge in [0.1, 0.15) is 5.82 Å². The van der Waals surface area contributed by atoms with Gasteiger partial charge in [-0.15, -0.1) is 11.3 Å². The van der Waals surface area contributed by atoms with Crippen LogP contribution in [0.1, 0.15) is 10.4 Å². The number of rotatable bonds is 3. The van der Waals surface area contributed by atoms with Gasteiger partial charge in [0.2, 0.25) is 0 Å². The number of aromatic nitrogens is 1. The van der Waals surface area contributed by atoms with E-state index in [1.165, 1.54) is 10.4 Å². The van der Waals surface area contributed by atoms with Crippen LogP contribution in [0.2, 0.25) is 0 Å². The lowest BCUT2D eigenvalue weighted by Crippen LogP contribution is -2.00. The van der Waals surface area contributed by atoms with Gasteiger partial charge in [-0.2, -0.15) is 0 Å². The number of nitrogens with zero attached hydrogens (tertiary/aromatic N) is 1. The molecule has 0 unspecified atom stereocenters. The van der Waals surface area contributed by atoms with E-state index in [0.29, 0.717) is 0 Å². The largest absolute Gasteiger partial charge is 0.366 e. The Morgan fingerprint density at radius 3 is 2.93 bits per heavy atom. The van der Waals surface area contributed by atoms with Crippen LogP contribution in [-0.4, -0.2) is 4.98 Å². The number of pyridine rings is 1. The minimum Gasteiger partial charge on any atom is -0.366 e. The summed E-state index contributed by atoms with van der Waals surface area (Å²) in [6, 6.07) is 8.02. The van der Waals surface area contributed by atoms with Gasteiger partial charge in [0.25, 0.3) is 0 Å². The van der Waals surface area contributed by atoms with Crippen LogP contribution in [0.25, 0.3) is 0 Å². The van der Waals surface area contributed by atoms with Crippen molar-refractivity contribution in [3.8, 4) is 0 Å². The summed E-state index contributed by atoms with van der Waals surface area (Å²) in [6.07, 6.45) is 1.79. The molecule has 72 valence electrons. The number of hydrogen-bond acceptors (Lipinski definition) is 3. The normalized spacial score (nSPS) is 10.1. The summed E-state index contributed by atoms with van der Waals surface area (Å²) in [5.74, 6) is 0.929. The molecule has 0 aliphatic heterocycles. The molecule has 2 heterocycles. The lowest BCUT2D eigenvalue weighted by atomic mass is 10.2. The number of anilines is 1. The van der Waals surface area contributed by atoms with E-state index >= 15 is 0 Å². The van der Waals surface area contributed by atoms with Gasteiger partial charge in [0.15, 0.2) is 0 Å². The van der Waals surface area contributed by atoms with Gasteiger partial charge in [-0.25, -0.2) is 4.98 Å². The van der Waals surface area contributed by atoms with Gasteiger partial charge in [0.05, 0.1) is 0 Å². The summed E-state index contributed by atoms with van der Waals surface area (Å²) < 4.78 is 0. The third-order valence-electron chi connectivity index (χ3n) is 2.09. The Kier molecular flexibility index (Phi) is 2.79. The molecule has 0 radical (unpaired) electrons. The summed E-state index contributed by atoms with van der Waals surface area (Å²) in [5.41, 5.74) is 1.35. The molecular formula is C11H12N2S. The molecule has 2 aromatic rings. The third kappa shape index (κ3) is 2.12. The Balaban J connectivity index is 1.99.